The summed E-state index contributed by atoms with van der Waals surface area (Å²) in [4.78, 5) is 8.46. The molecular weight excluding hydrogens is 369 g/mol. The molecule has 7 heteroatoms. The van der Waals surface area contributed by atoms with Crippen molar-refractivity contribution in [3.8, 4) is 17.0 Å². The molecule has 2 fully saturated rings. The minimum atomic E-state index is -1.00. The summed E-state index contributed by atoms with van der Waals surface area (Å²) in [5.41, 5.74) is 1.52. The van der Waals surface area contributed by atoms with E-state index >= 15 is 0 Å². The van der Waals surface area contributed by atoms with Crippen LogP contribution in [0.2, 0.25) is 0 Å². The van der Waals surface area contributed by atoms with Crippen LogP contribution >= 0.6 is 0 Å². The van der Waals surface area contributed by atoms with Crippen LogP contribution < -0.4 is 5.32 Å². The highest BCUT2D eigenvalue weighted by molar-refractivity contribution is 5.89. The predicted molar refractivity (Wildman–Crippen MR) is 109 cm³/mol. The van der Waals surface area contributed by atoms with Crippen molar-refractivity contribution in [1.29, 1.82) is 0 Å². The molecular formula is C22H22FN5O. The molecule has 2 N–H and O–H groups in total. The van der Waals surface area contributed by atoms with Crippen LogP contribution in [0.4, 0.5) is 4.39 Å². The first-order chi connectivity index (χ1) is 13.9. The van der Waals surface area contributed by atoms with E-state index in [4.69, 9.17) is 0 Å². The Kier molecular flexibility index (Phi) is 4.10. The highest BCUT2D eigenvalue weighted by atomic mass is 19.1. The van der Waals surface area contributed by atoms with Gasteiger partial charge in [0.1, 0.15) is 17.6 Å². The van der Waals surface area contributed by atoms with Gasteiger partial charge in [-0.25, -0.2) is 9.37 Å². The lowest BCUT2D eigenvalue weighted by molar-refractivity contribution is 0.135. The van der Waals surface area contributed by atoms with Crippen molar-refractivity contribution in [1.82, 2.24) is 25.5 Å². The van der Waals surface area contributed by atoms with Crippen LogP contribution in [-0.4, -0.2) is 43.0 Å². The van der Waals surface area contributed by atoms with Gasteiger partial charge in [-0.05, 0) is 55.3 Å². The van der Waals surface area contributed by atoms with E-state index < -0.39 is 6.17 Å². The van der Waals surface area contributed by atoms with E-state index in [-0.39, 0.29) is 23.2 Å². The summed E-state index contributed by atoms with van der Waals surface area (Å²) in [6.45, 7) is 6.24. The van der Waals surface area contributed by atoms with Crippen molar-refractivity contribution in [2.75, 3.05) is 0 Å². The van der Waals surface area contributed by atoms with Crippen LogP contribution in [0.15, 0.2) is 43.4 Å². The molecule has 6 nitrogen and oxygen atoms in total. The zero-order chi connectivity index (χ0) is 20.2. The zero-order valence-corrected chi connectivity index (χ0v) is 16.1. The molecule has 2 aromatic heterocycles. The third-order valence-electron chi connectivity index (χ3n) is 6.31. The molecule has 4 heterocycles. The summed E-state index contributed by atoms with van der Waals surface area (Å²) in [6.07, 6.45) is 6.43. The summed E-state index contributed by atoms with van der Waals surface area (Å²) in [5.74, 6) is 0.124. The normalized spacial score (nSPS) is 28.6. The number of pyridine rings is 1. The minimum absolute atomic E-state index is 0.0556. The second-order valence-corrected chi connectivity index (χ2v) is 8.39. The van der Waals surface area contributed by atoms with E-state index in [1.807, 2.05) is 12.1 Å². The van der Waals surface area contributed by atoms with Crippen LogP contribution in [0.25, 0.3) is 27.6 Å². The van der Waals surface area contributed by atoms with Crippen molar-refractivity contribution < 1.29 is 9.50 Å². The van der Waals surface area contributed by atoms with Crippen molar-refractivity contribution in [3.05, 3.63) is 49.2 Å². The fourth-order valence-corrected chi connectivity index (χ4v) is 4.70. The Bertz CT molecular complexity index is 1100. The number of alkyl halides is 1. The molecule has 0 amide bonds. The van der Waals surface area contributed by atoms with Crippen molar-refractivity contribution in [3.63, 3.8) is 0 Å². The summed E-state index contributed by atoms with van der Waals surface area (Å²) in [7, 11) is 0. The maximum atomic E-state index is 15.0. The molecule has 0 spiro atoms. The molecule has 5 rings (SSSR count). The first-order valence-electron chi connectivity index (χ1n) is 9.81. The number of halogens is 1. The van der Waals surface area contributed by atoms with E-state index in [9.17, 15) is 9.50 Å². The van der Waals surface area contributed by atoms with Crippen molar-refractivity contribution >= 4 is 16.3 Å². The number of piperidine rings is 1. The first kappa shape index (κ1) is 18.1. The smallest absolute Gasteiger partial charge is 0.177 e. The van der Waals surface area contributed by atoms with Gasteiger partial charge in [0.05, 0.1) is 6.20 Å². The number of aromatic hydroxyl groups is 1. The van der Waals surface area contributed by atoms with E-state index in [1.54, 1.807) is 24.7 Å². The van der Waals surface area contributed by atoms with Gasteiger partial charge in [-0.3, -0.25) is 4.98 Å². The number of hydrogen-bond donors (Lipinski definition) is 2. The van der Waals surface area contributed by atoms with Gasteiger partial charge in [-0.2, -0.15) is 0 Å². The molecule has 2 bridgehead atoms. The molecule has 0 unspecified atom stereocenters. The number of fused-ring (bicyclic) bond motifs is 3. The molecule has 4 atom stereocenters. The van der Waals surface area contributed by atoms with Crippen LogP contribution in [0.1, 0.15) is 32.0 Å². The maximum Gasteiger partial charge on any atom is 0.177 e. The first-order valence-corrected chi connectivity index (χ1v) is 9.81. The number of nitrogens with one attached hydrogen (secondary N) is 1. The third kappa shape index (κ3) is 3.06. The molecule has 0 radical (unpaired) electrons. The van der Waals surface area contributed by atoms with Crippen LogP contribution in [-0.2, 0) is 0 Å². The Morgan fingerprint density at radius 2 is 2.14 bits per heavy atom. The van der Waals surface area contributed by atoms with Crippen molar-refractivity contribution in [2.24, 2.45) is 5.92 Å². The molecule has 29 heavy (non-hydrogen) atoms. The topological polar surface area (TPSA) is 83.8 Å². The summed E-state index contributed by atoms with van der Waals surface area (Å²) >= 11 is 0. The Morgan fingerprint density at radius 1 is 1.28 bits per heavy atom. The van der Waals surface area contributed by atoms with Gasteiger partial charge in [0.25, 0.3) is 0 Å². The lowest BCUT2D eigenvalue weighted by atomic mass is 9.79. The Morgan fingerprint density at radius 3 is 2.93 bits per heavy atom. The average Bonchev–Trinajstić information content (AvgIpc) is 3.07. The number of hydrogen-bond acceptors (Lipinski definition) is 6. The minimum Gasteiger partial charge on any atom is -0.507 e. The van der Waals surface area contributed by atoms with Gasteiger partial charge in [-0.1, -0.05) is 6.58 Å². The fourth-order valence-electron chi connectivity index (χ4n) is 4.70. The van der Waals surface area contributed by atoms with E-state index in [2.05, 4.69) is 39.0 Å². The quantitative estimate of drug-likeness (QED) is 0.709. The van der Waals surface area contributed by atoms with E-state index in [0.717, 1.165) is 23.6 Å². The van der Waals surface area contributed by atoms with Gasteiger partial charge in [-0.15, -0.1) is 10.2 Å². The molecule has 2 aliphatic heterocycles. The molecule has 3 aromatic rings. The largest absolute Gasteiger partial charge is 0.507 e. The lowest BCUT2D eigenvalue weighted by Crippen LogP contribution is -2.53. The maximum absolute atomic E-state index is 15.0. The second kappa shape index (κ2) is 6.56. The number of phenolic OH excluding ortho intramolecular Hbond substituents is 1. The van der Waals surface area contributed by atoms with Gasteiger partial charge in [0.2, 0.25) is 0 Å². The van der Waals surface area contributed by atoms with Gasteiger partial charge in [0, 0.05) is 40.8 Å². The highest BCUT2D eigenvalue weighted by Gasteiger charge is 2.49. The monoisotopic (exact) mass is 391 g/mol. The van der Waals surface area contributed by atoms with E-state index in [1.165, 1.54) is 0 Å². The lowest BCUT2D eigenvalue weighted by Gasteiger charge is -2.39. The summed E-state index contributed by atoms with van der Waals surface area (Å²) in [5, 5.41) is 24.0. The number of rotatable bonds is 3. The molecule has 2 saturated heterocycles. The van der Waals surface area contributed by atoms with Crippen LogP contribution in [0, 0.1) is 5.92 Å². The van der Waals surface area contributed by atoms with E-state index in [0.29, 0.717) is 29.1 Å². The predicted octanol–water partition coefficient (Wildman–Crippen LogP) is 3.67. The Labute approximate surface area is 167 Å². The van der Waals surface area contributed by atoms with Gasteiger partial charge in [0.15, 0.2) is 5.82 Å². The standard InChI is InChI=1S/C22H22FN5O/c1-12(16-9-22(2)5-3-17(26-22)20(16)23)21-25-11-18(27-28-21)15-7-13-4-6-24-10-14(13)8-19(15)29/h4,6-8,10-11,16-17,20,26,29H,1,3,5,9H2,2H3/t16-,17-,20-,22+/m1/s1. The van der Waals surface area contributed by atoms with Crippen LogP contribution in [0.5, 0.6) is 5.75 Å². The SMILES string of the molecule is C=C(c1ncc(-c2cc3ccncc3cc2O)nn1)[C@H]1C[C@]2(C)CC[C@@H](N2)[C@@H]1F. The Balaban J connectivity index is 1.43. The Hall–Kier alpha value is -2.93. The molecule has 148 valence electrons. The number of benzene rings is 1. The average molecular weight is 391 g/mol. The molecule has 0 aliphatic carbocycles. The molecule has 0 saturated carbocycles. The number of allylic oxidation sites excluding steroid dienone is 1. The molecule has 1 aromatic carbocycles. The summed E-state index contributed by atoms with van der Waals surface area (Å²) < 4.78 is 15.0. The van der Waals surface area contributed by atoms with Crippen LogP contribution in [0.3, 0.4) is 0 Å². The number of aromatic nitrogens is 4. The van der Waals surface area contributed by atoms with Gasteiger partial charge >= 0.3 is 0 Å². The summed E-state index contributed by atoms with van der Waals surface area (Å²) in [6, 6.07) is 5.20. The highest BCUT2D eigenvalue weighted by Crippen LogP contribution is 2.44. The fraction of sp³-hybridized carbons (Fsp3) is 0.364. The zero-order valence-electron chi connectivity index (χ0n) is 16.1. The second-order valence-electron chi connectivity index (χ2n) is 8.39. The molecule has 2 aliphatic rings. The number of phenols is 1. The van der Waals surface area contributed by atoms with Gasteiger partial charge < -0.3 is 10.4 Å². The number of nitrogens with zero attached hydrogens (tertiary/aromatic N) is 4. The van der Waals surface area contributed by atoms with Crippen molar-refractivity contribution in [2.45, 2.75) is 43.9 Å². The third-order valence-corrected chi connectivity index (χ3v) is 6.31.